The molecule has 1 aromatic rings. The highest BCUT2D eigenvalue weighted by Crippen LogP contribution is 2.08. The second kappa shape index (κ2) is 6.37. The molecule has 0 aromatic heterocycles. The number of aryl methyl sites for hydroxylation is 2. The molecule has 1 unspecified atom stereocenters. The molecule has 4 nitrogen and oxygen atoms in total. The highest BCUT2D eigenvalue weighted by atomic mass is 16.5. The van der Waals surface area contributed by atoms with E-state index in [4.69, 9.17) is 9.84 Å². The maximum absolute atomic E-state index is 11.9. The van der Waals surface area contributed by atoms with Crippen LogP contribution in [0, 0.1) is 13.8 Å². The summed E-state index contributed by atoms with van der Waals surface area (Å²) in [6, 6.07) is 5.29. The third-order valence-electron chi connectivity index (χ3n) is 2.41. The van der Waals surface area contributed by atoms with Gasteiger partial charge in [-0.3, -0.25) is 4.79 Å². The minimum atomic E-state index is -0.367. The van der Waals surface area contributed by atoms with E-state index in [0.717, 1.165) is 11.1 Å². The molecule has 17 heavy (non-hydrogen) atoms. The predicted molar refractivity (Wildman–Crippen MR) is 66.1 cm³/mol. The zero-order chi connectivity index (χ0) is 12.8. The first-order valence-corrected chi connectivity index (χ1v) is 5.55. The van der Waals surface area contributed by atoms with Gasteiger partial charge in [0.25, 0.3) is 5.91 Å². The maximum atomic E-state index is 11.9. The van der Waals surface area contributed by atoms with Crippen molar-refractivity contribution >= 4 is 5.91 Å². The Morgan fingerprint density at radius 2 is 1.94 bits per heavy atom. The van der Waals surface area contributed by atoms with Crippen molar-refractivity contribution in [2.75, 3.05) is 20.3 Å². The van der Waals surface area contributed by atoms with Crippen LogP contribution in [0.4, 0.5) is 0 Å². The molecule has 0 aliphatic carbocycles. The number of nitrogens with one attached hydrogen (secondary N) is 1. The van der Waals surface area contributed by atoms with E-state index in [-0.39, 0.29) is 18.6 Å². The van der Waals surface area contributed by atoms with Crippen molar-refractivity contribution in [2.24, 2.45) is 0 Å². The fraction of sp³-hybridized carbons (Fsp3) is 0.462. The van der Waals surface area contributed by atoms with Crippen LogP contribution in [0.25, 0.3) is 0 Å². The van der Waals surface area contributed by atoms with Crippen molar-refractivity contribution in [3.05, 3.63) is 34.9 Å². The van der Waals surface area contributed by atoms with Crippen LogP contribution in [0.2, 0.25) is 0 Å². The standard InChI is InChI=1S/C13H19NO3/c1-9-4-10(2)6-11(5-9)13(16)14-12(7-15)8-17-3/h4-6,12,15H,7-8H2,1-3H3,(H,14,16). The number of carbonyl (C=O) groups is 1. The predicted octanol–water partition coefficient (Wildman–Crippen LogP) is 1.04. The van der Waals surface area contributed by atoms with Crippen LogP contribution in [-0.4, -0.2) is 37.4 Å². The molecule has 1 rings (SSSR count). The average molecular weight is 237 g/mol. The Morgan fingerprint density at radius 3 is 2.41 bits per heavy atom. The van der Waals surface area contributed by atoms with Gasteiger partial charge in [0.05, 0.1) is 19.3 Å². The largest absolute Gasteiger partial charge is 0.394 e. The Labute approximate surface area is 102 Å². The lowest BCUT2D eigenvalue weighted by molar-refractivity contribution is 0.0839. The number of benzene rings is 1. The molecule has 1 atom stereocenters. The SMILES string of the molecule is COCC(CO)NC(=O)c1cc(C)cc(C)c1. The molecule has 0 saturated heterocycles. The van der Waals surface area contributed by atoms with Crippen LogP contribution >= 0.6 is 0 Å². The average Bonchev–Trinajstić information content (AvgIpc) is 2.27. The Kier molecular flexibility index (Phi) is 5.12. The van der Waals surface area contributed by atoms with E-state index in [0.29, 0.717) is 12.2 Å². The smallest absolute Gasteiger partial charge is 0.251 e. The van der Waals surface area contributed by atoms with Crippen LogP contribution in [0.5, 0.6) is 0 Å². The molecule has 0 heterocycles. The van der Waals surface area contributed by atoms with Gasteiger partial charge in [-0.1, -0.05) is 17.2 Å². The monoisotopic (exact) mass is 237 g/mol. The summed E-state index contributed by atoms with van der Waals surface area (Å²) in [5.74, 6) is -0.187. The Balaban J connectivity index is 2.75. The highest BCUT2D eigenvalue weighted by Gasteiger charge is 2.13. The summed E-state index contributed by atoms with van der Waals surface area (Å²) in [5, 5.41) is 11.8. The topological polar surface area (TPSA) is 58.6 Å². The van der Waals surface area contributed by atoms with Crippen molar-refractivity contribution < 1.29 is 14.6 Å². The summed E-state index contributed by atoms with van der Waals surface area (Å²) in [7, 11) is 1.53. The molecule has 0 bridgehead atoms. The number of aliphatic hydroxyl groups excluding tert-OH is 1. The van der Waals surface area contributed by atoms with Crippen molar-refractivity contribution in [1.29, 1.82) is 0 Å². The van der Waals surface area contributed by atoms with E-state index in [2.05, 4.69) is 5.32 Å². The van der Waals surface area contributed by atoms with Gasteiger partial charge in [0, 0.05) is 12.7 Å². The van der Waals surface area contributed by atoms with E-state index in [1.807, 2.05) is 32.0 Å². The number of methoxy groups -OCH3 is 1. The number of rotatable bonds is 5. The molecular formula is C13H19NO3. The van der Waals surface area contributed by atoms with Crippen molar-refractivity contribution in [3.8, 4) is 0 Å². The van der Waals surface area contributed by atoms with Crippen LogP contribution in [0.15, 0.2) is 18.2 Å². The fourth-order valence-corrected chi connectivity index (χ4v) is 1.72. The number of hydrogen-bond donors (Lipinski definition) is 2. The second-order valence-electron chi connectivity index (χ2n) is 4.18. The number of amides is 1. The molecular weight excluding hydrogens is 218 g/mol. The molecule has 1 aromatic carbocycles. The molecule has 94 valence electrons. The van der Waals surface area contributed by atoms with E-state index in [1.165, 1.54) is 7.11 Å². The third-order valence-corrected chi connectivity index (χ3v) is 2.41. The van der Waals surface area contributed by atoms with Gasteiger partial charge in [0.15, 0.2) is 0 Å². The maximum Gasteiger partial charge on any atom is 0.251 e. The zero-order valence-electron chi connectivity index (χ0n) is 10.5. The first-order valence-electron chi connectivity index (χ1n) is 5.55. The third kappa shape index (κ3) is 4.17. The van der Waals surface area contributed by atoms with Gasteiger partial charge in [-0.15, -0.1) is 0 Å². The lowest BCUT2D eigenvalue weighted by atomic mass is 10.1. The molecule has 0 fully saturated rings. The van der Waals surface area contributed by atoms with E-state index < -0.39 is 0 Å². The van der Waals surface area contributed by atoms with Crippen LogP contribution in [0.3, 0.4) is 0 Å². The molecule has 0 aliphatic rings. The van der Waals surface area contributed by atoms with Gasteiger partial charge in [-0.25, -0.2) is 0 Å². The first-order chi connectivity index (χ1) is 8.06. The second-order valence-corrected chi connectivity index (χ2v) is 4.18. The number of ether oxygens (including phenoxy) is 1. The van der Waals surface area contributed by atoms with Crippen molar-refractivity contribution in [3.63, 3.8) is 0 Å². The number of hydrogen-bond acceptors (Lipinski definition) is 3. The molecule has 0 saturated carbocycles. The summed E-state index contributed by atoms with van der Waals surface area (Å²) in [4.78, 5) is 11.9. The summed E-state index contributed by atoms with van der Waals surface area (Å²) < 4.78 is 4.90. The Morgan fingerprint density at radius 1 is 1.35 bits per heavy atom. The lowest BCUT2D eigenvalue weighted by Crippen LogP contribution is -2.40. The fourth-order valence-electron chi connectivity index (χ4n) is 1.72. The molecule has 1 amide bonds. The Bertz CT molecular complexity index is 370. The van der Waals surface area contributed by atoms with Gasteiger partial charge in [0.1, 0.15) is 0 Å². The lowest BCUT2D eigenvalue weighted by Gasteiger charge is -2.15. The summed E-state index contributed by atoms with van der Waals surface area (Å²) in [6.45, 7) is 4.06. The normalized spacial score (nSPS) is 12.2. The summed E-state index contributed by atoms with van der Waals surface area (Å²) in [5.41, 5.74) is 2.70. The highest BCUT2D eigenvalue weighted by molar-refractivity contribution is 5.94. The number of carbonyl (C=O) groups excluding carboxylic acids is 1. The van der Waals surface area contributed by atoms with Gasteiger partial charge in [-0.2, -0.15) is 0 Å². The summed E-state index contributed by atoms with van der Waals surface area (Å²) in [6.07, 6.45) is 0. The minimum Gasteiger partial charge on any atom is -0.394 e. The number of aliphatic hydroxyl groups is 1. The van der Waals surface area contributed by atoms with Crippen molar-refractivity contribution in [1.82, 2.24) is 5.32 Å². The molecule has 2 N–H and O–H groups in total. The Hall–Kier alpha value is -1.39. The van der Waals surface area contributed by atoms with Gasteiger partial charge >= 0.3 is 0 Å². The quantitative estimate of drug-likeness (QED) is 0.804. The van der Waals surface area contributed by atoms with Crippen LogP contribution in [0.1, 0.15) is 21.5 Å². The molecule has 0 spiro atoms. The van der Waals surface area contributed by atoms with E-state index >= 15 is 0 Å². The van der Waals surface area contributed by atoms with Gasteiger partial charge in [0.2, 0.25) is 0 Å². The first kappa shape index (κ1) is 13.7. The molecule has 0 radical (unpaired) electrons. The van der Waals surface area contributed by atoms with Gasteiger partial charge in [-0.05, 0) is 26.0 Å². The van der Waals surface area contributed by atoms with Crippen LogP contribution < -0.4 is 5.32 Å². The van der Waals surface area contributed by atoms with Crippen molar-refractivity contribution in [2.45, 2.75) is 19.9 Å². The van der Waals surface area contributed by atoms with E-state index in [1.54, 1.807) is 0 Å². The minimum absolute atomic E-state index is 0.135. The van der Waals surface area contributed by atoms with E-state index in [9.17, 15) is 4.79 Å². The van der Waals surface area contributed by atoms with Crippen LogP contribution in [-0.2, 0) is 4.74 Å². The summed E-state index contributed by atoms with van der Waals surface area (Å²) >= 11 is 0. The van der Waals surface area contributed by atoms with Gasteiger partial charge < -0.3 is 15.2 Å². The zero-order valence-corrected chi connectivity index (χ0v) is 10.5. The molecule has 0 aliphatic heterocycles. The molecule has 4 heteroatoms.